The van der Waals surface area contributed by atoms with Crippen LogP contribution in [0.15, 0.2) is 36.5 Å². The smallest absolute Gasteiger partial charge is 0.231 e. The average molecular weight is 507 g/mol. The summed E-state index contributed by atoms with van der Waals surface area (Å²) in [5, 5.41) is 17.1. The summed E-state index contributed by atoms with van der Waals surface area (Å²) in [6, 6.07) is 10.0. The fourth-order valence-electron chi connectivity index (χ4n) is 4.64. The Morgan fingerprint density at radius 1 is 1.24 bits per heavy atom. The Morgan fingerprint density at radius 2 is 2.05 bits per heavy atom. The predicted molar refractivity (Wildman–Crippen MR) is 144 cm³/mol. The van der Waals surface area contributed by atoms with E-state index in [1.54, 1.807) is 13.3 Å². The molecule has 3 aromatic heterocycles. The molecule has 0 aliphatic carbocycles. The van der Waals surface area contributed by atoms with Gasteiger partial charge in [-0.25, -0.2) is 9.97 Å². The van der Waals surface area contributed by atoms with Crippen LogP contribution in [0.25, 0.3) is 21.9 Å². The van der Waals surface area contributed by atoms with Gasteiger partial charge in [-0.3, -0.25) is 4.79 Å². The number of fused-ring (bicyclic) bond motifs is 3. The lowest BCUT2D eigenvalue weighted by Crippen LogP contribution is -2.28. The Morgan fingerprint density at radius 3 is 2.78 bits per heavy atom. The summed E-state index contributed by atoms with van der Waals surface area (Å²) in [4.78, 5) is 24.8. The molecule has 1 amide bonds. The number of primary amides is 1. The molecule has 7 N–H and O–H groups in total. The van der Waals surface area contributed by atoms with Crippen molar-refractivity contribution >= 4 is 39.6 Å². The standard InChI is InChI=1S/C26H34N8O3/c1-3-6-18(9-10-35)31-24-23-22(32-26(28)33-24)19-7-4-5-8-20(19)34(23)15-17-11-16(12-29-14-21(27)36)13-30-25(17)37-2/h4-5,7-8,11,13,18,29,35H,3,6,9-10,12,14-15H2,1-2H3,(H2,27,36)(H3,28,31,32,33)/t18-/m0/s1. The molecule has 196 valence electrons. The molecular weight excluding hydrogens is 472 g/mol. The van der Waals surface area contributed by atoms with E-state index in [9.17, 15) is 9.90 Å². The molecule has 4 rings (SSSR count). The van der Waals surface area contributed by atoms with Crippen molar-refractivity contribution in [2.45, 2.75) is 45.3 Å². The number of nitrogen functional groups attached to an aromatic ring is 1. The molecule has 0 saturated heterocycles. The SMILES string of the molecule is CCC[C@@H](CCO)Nc1nc(N)nc2c3ccccc3n(Cc3cc(CNCC(N)=O)cnc3OC)c12. The number of carbonyl (C=O) groups excluding carboxylic acids is 1. The topological polar surface area (TPSA) is 166 Å². The second kappa shape index (κ2) is 11.8. The average Bonchev–Trinajstić information content (AvgIpc) is 3.18. The Balaban J connectivity index is 1.83. The number of aliphatic hydroxyl groups is 1. The van der Waals surface area contributed by atoms with Gasteiger partial charge in [0.05, 0.1) is 25.7 Å². The first kappa shape index (κ1) is 26.1. The van der Waals surface area contributed by atoms with E-state index in [4.69, 9.17) is 16.2 Å². The van der Waals surface area contributed by atoms with Gasteiger partial charge in [-0.15, -0.1) is 0 Å². The van der Waals surface area contributed by atoms with Crippen LogP contribution in [0.4, 0.5) is 11.8 Å². The van der Waals surface area contributed by atoms with E-state index in [0.29, 0.717) is 31.2 Å². The maximum absolute atomic E-state index is 11.1. The monoisotopic (exact) mass is 506 g/mol. The number of methoxy groups -OCH3 is 1. The zero-order chi connectivity index (χ0) is 26.4. The van der Waals surface area contributed by atoms with E-state index in [2.05, 4.69) is 37.1 Å². The number of nitrogens with two attached hydrogens (primary N) is 2. The Labute approximate surface area is 215 Å². The highest BCUT2D eigenvalue weighted by atomic mass is 16.5. The zero-order valence-electron chi connectivity index (χ0n) is 21.2. The van der Waals surface area contributed by atoms with Crippen molar-refractivity contribution in [2.24, 2.45) is 5.73 Å². The summed E-state index contributed by atoms with van der Waals surface area (Å²) in [5.74, 6) is 0.879. The van der Waals surface area contributed by atoms with Crippen LogP contribution in [0.3, 0.4) is 0 Å². The lowest BCUT2D eigenvalue weighted by Gasteiger charge is -2.20. The van der Waals surface area contributed by atoms with Crippen LogP contribution in [0.2, 0.25) is 0 Å². The Hall–Kier alpha value is -3.96. The van der Waals surface area contributed by atoms with Crippen molar-refractivity contribution in [3.05, 3.63) is 47.7 Å². The molecule has 11 heteroatoms. The van der Waals surface area contributed by atoms with E-state index in [1.165, 1.54) is 0 Å². The summed E-state index contributed by atoms with van der Waals surface area (Å²) in [6.07, 6.45) is 4.15. The van der Waals surface area contributed by atoms with Gasteiger partial charge in [0.2, 0.25) is 17.7 Å². The number of nitrogens with one attached hydrogen (secondary N) is 2. The molecule has 4 aromatic rings. The molecule has 0 unspecified atom stereocenters. The van der Waals surface area contributed by atoms with Gasteiger partial charge in [0.1, 0.15) is 11.0 Å². The number of hydrogen-bond donors (Lipinski definition) is 5. The molecule has 11 nitrogen and oxygen atoms in total. The molecule has 0 spiro atoms. The highest BCUT2D eigenvalue weighted by molar-refractivity contribution is 6.09. The number of amides is 1. The third-order valence-corrected chi connectivity index (χ3v) is 6.21. The molecule has 0 aliphatic heterocycles. The summed E-state index contributed by atoms with van der Waals surface area (Å²) in [5.41, 5.74) is 15.7. The van der Waals surface area contributed by atoms with Gasteiger partial charge in [0.25, 0.3) is 0 Å². The number of nitrogens with zero attached hydrogens (tertiary/aromatic N) is 4. The van der Waals surface area contributed by atoms with Crippen molar-refractivity contribution in [1.82, 2.24) is 24.8 Å². The molecule has 1 atom stereocenters. The number of carbonyl (C=O) groups is 1. The van der Waals surface area contributed by atoms with Crippen LogP contribution in [0, 0.1) is 0 Å². The minimum Gasteiger partial charge on any atom is -0.481 e. The normalized spacial score (nSPS) is 12.2. The van der Waals surface area contributed by atoms with Gasteiger partial charge in [0, 0.05) is 36.3 Å². The highest BCUT2D eigenvalue weighted by Crippen LogP contribution is 2.34. The number of para-hydroxylation sites is 1. The number of rotatable bonds is 13. The maximum Gasteiger partial charge on any atom is 0.231 e. The minimum atomic E-state index is -0.422. The van der Waals surface area contributed by atoms with Crippen molar-refractivity contribution < 1.29 is 14.6 Å². The van der Waals surface area contributed by atoms with Crippen molar-refractivity contribution in [3.8, 4) is 5.88 Å². The molecule has 0 fully saturated rings. The van der Waals surface area contributed by atoms with Crippen LogP contribution in [0.1, 0.15) is 37.3 Å². The maximum atomic E-state index is 11.1. The molecule has 1 aromatic carbocycles. The van der Waals surface area contributed by atoms with E-state index in [1.807, 2.05) is 30.3 Å². The largest absolute Gasteiger partial charge is 0.481 e. The molecular formula is C26H34N8O3. The third kappa shape index (κ3) is 5.89. The molecule has 0 radical (unpaired) electrons. The molecule has 0 aliphatic rings. The first-order chi connectivity index (χ1) is 17.9. The second-order valence-electron chi connectivity index (χ2n) is 8.95. The second-order valence-corrected chi connectivity index (χ2v) is 8.95. The van der Waals surface area contributed by atoms with Crippen LogP contribution in [-0.2, 0) is 17.9 Å². The van der Waals surface area contributed by atoms with E-state index >= 15 is 0 Å². The quantitative estimate of drug-likeness (QED) is 0.183. The van der Waals surface area contributed by atoms with Crippen molar-refractivity contribution in [1.29, 1.82) is 0 Å². The van der Waals surface area contributed by atoms with Crippen LogP contribution >= 0.6 is 0 Å². The van der Waals surface area contributed by atoms with E-state index in [-0.39, 0.29) is 25.1 Å². The first-order valence-electron chi connectivity index (χ1n) is 12.4. The number of benzene rings is 1. The number of hydrogen-bond acceptors (Lipinski definition) is 9. The van der Waals surface area contributed by atoms with Crippen molar-refractivity contribution in [2.75, 3.05) is 31.3 Å². The number of ether oxygens (including phenoxy) is 1. The summed E-state index contributed by atoms with van der Waals surface area (Å²) >= 11 is 0. The fraction of sp³-hybridized carbons (Fsp3) is 0.385. The van der Waals surface area contributed by atoms with Gasteiger partial charge < -0.3 is 36.5 Å². The number of aliphatic hydroxyl groups excluding tert-OH is 1. The van der Waals surface area contributed by atoms with E-state index < -0.39 is 5.91 Å². The number of anilines is 2. The third-order valence-electron chi connectivity index (χ3n) is 6.21. The lowest BCUT2D eigenvalue weighted by atomic mass is 10.1. The molecule has 0 saturated carbocycles. The number of pyridine rings is 1. The number of aromatic nitrogens is 4. The first-order valence-corrected chi connectivity index (χ1v) is 12.4. The predicted octanol–water partition coefficient (Wildman–Crippen LogP) is 2.16. The van der Waals surface area contributed by atoms with Gasteiger partial charge in [0.15, 0.2) is 5.82 Å². The van der Waals surface area contributed by atoms with Crippen molar-refractivity contribution in [3.63, 3.8) is 0 Å². The Kier molecular flexibility index (Phi) is 8.36. The highest BCUT2D eigenvalue weighted by Gasteiger charge is 2.21. The van der Waals surface area contributed by atoms with Gasteiger partial charge in [-0.1, -0.05) is 31.5 Å². The van der Waals surface area contributed by atoms with Crippen LogP contribution in [-0.4, -0.2) is 56.8 Å². The van der Waals surface area contributed by atoms with Crippen LogP contribution < -0.4 is 26.8 Å². The summed E-state index contributed by atoms with van der Waals surface area (Å²) in [6.45, 7) is 3.13. The molecule has 3 heterocycles. The molecule has 37 heavy (non-hydrogen) atoms. The molecule has 0 bridgehead atoms. The zero-order valence-corrected chi connectivity index (χ0v) is 21.2. The van der Waals surface area contributed by atoms with Gasteiger partial charge in [-0.05, 0) is 30.5 Å². The van der Waals surface area contributed by atoms with Crippen LogP contribution in [0.5, 0.6) is 5.88 Å². The van der Waals surface area contributed by atoms with Gasteiger partial charge in [-0.2, -0.15) is 4.98 Å². The van der Waals surface area contributed by atoms with Gasteiger partial charge >= 0.3 is 0 Å². The summed E-state index contributed by atoms with van der Waals surface area (Å²) < 4.78 is 7.71. The van der Waals surface area contributed by atoms with E-state index in [0.717, 1.165) is 45.9 Å². The fourth-order valence-corrected chi connectivity index (χ4v) is 4.64. The Bertz CT molecular complexity index is 1380. The lowest BCUT2D eigenvalue weighted by molar-refractivity contribution is -0.117. The minimum absolute atomic E-state index is 0.0369. The summed E-state index contributed by atoms with van der Waals surface area (Å²) in [7, 11) is 1.59.